The molecular formula is C16H31NO2. The maximum atomic E-state index is 5.89. The van der Waals surface area contributed by atoms with Gasteiger partial charge in [-0.3, -0.25) is 0 Å². The SMILES string of the molecule is C[C@@H]1CC[C@H](NCCCOC2CCOCC2)C[C@@H]1C. The smallest absolute Gasteiger partial charge is 0.0619 e. The molecule has 0 radical (unpaired) electrons. The standard InChI is InChI=1S/C16H31NO2/c1-13-4-5-15(12-14(13)2)17-8-3-9-19-16-6-10-18-11-7-16/h13-17H,3-12H2,1-2H3/t13-,14+,15+/m1/s1. The molecule has 0 bridgehead atoms. The highest BCUT2D eigenvalue weighted by Crippen LogP contribution is 2.29. The normalized spacial score (nSPS) is 33.5. The van der Waals surface area contributed by atoms with Crippen molar-refractivity contribution in [2.24, 2.45) is 11.8 Å². The first kappa shape index (κ1) is 15.3. The van der Waals surface area contributed by atoms with E-state index in [-0.39, 0.29) is 0 Å². The van der Waals surface area contributed by atoms with Gasteiger partial charge in [0, 0.05) is 25.9 Å². The number of hydrogen-bond donors (Lipinski definition) is 1. The Bertz CT molecular complexity index is 241. The maximum absolute atomic E-state index is 5.89. The summed E-state index contributed by atoms with van der Waals surface area (Å²) >= 11 is 0. The van der Waals surface area contributed by atoms with Crippen molar-refractivity contribution in [3.63, 3.8) is 0 Å². The maximum Gasteiger partial charge on any atom is 0.0619 e. The van der Waals surface area contributed by atoms with Crippen LogP contribution in [0.5, 0.6) is 0 Å². The fraction of sp³-hybridized carbons (Fsp3) is 1.00. The van der Waals surface area contributed by atoms with E-state index in [4.69, 9.17) is 9.47 Å². The Morgan fingerprint density at radius 2 is 1.84 bits per heavy atom. The molecule has 1 N–H and O–H groups in total. The molecule has 0 aromatic carbocycles. The van der Waals surface area contributed by atoms with Crippen LogP contribution in [0.2, 0.25) is 0 Å². The summed E-state index contributed by atoms with van der Waals surface area (Å²) in [7, 11) is 0. The van der Waals surface area contributed by atoms with Crippen LogP contribution in [0.1, 0.15) is 52.4 Å². The third kappa shape index (κ3) is 5.41. The van der Waals surface area contributed by atoms with E-state index in [1.54, 1.807) is 0 Å². The second kappa shape index (κ2) is 8.23. The first-order valence-electron chi connectivity index (χ1n) is 8.18. The van der Waals surface area contributed by atoms with Crippen LogP contribution in [0.15, 0.2) is 0 Å². The second-order valence-corrected chi connectivity index (χ2v) is 6.45. The van der Waals surface area contributed by atoms with E-state index in [1.165, 1.54) is 19.3 Å². The summed E-state index contributed by atoms with van der Waals surface area (Å²) in [5, 5.41) is 3.71. The lowest BCUT2D eigenvalue weighted by molar-refractivity contribution is -0.0323. The molecule has 1 saturated carbocycles. The van der Waals surface area contributed by atoms with Crippen molar-refractivity contribution < 1.29 is 9.47 Å². The van der Waals surface area contributed by atoms with E-state index in [0.717, 1.165) is 63.5 Å². The molecule has 0 aromatic rings. The monoisotopic (exact) mass is 269 g/mol. The Morgan fingerprint density at radius 3 is 2.58 bits per heavy atom. The number of nitrogens with one attached hydrogen (secondary N) is 1. The molecule has 19 heavy (non-hydrogen) atoms. The molecule has 2 fully saturated rings. The zero-order valence-corrected chi connectivity index (χ0v) is 12.7. The fourth-order valence-electron chi connectivity index (χ4n) is 3.20. The van der Waals surface area contributed by atoms with E-state index in [9.17, 15) is 0 Å². The van der Waals surface area contributed by atoms with Gasteiger partial charge in [-0.2, -0.15) is 0 Å². The fourth-order valence-corrected chi connectivity index (χ4v) is 3.20. The second-order valence-electron chi connectivity index (χ2n) is 6.45. The summed E-state index contributed by atoms with van der Waals surface area (Å²) in [6.07, 6.45) is 7.82. The van der Waals surface area contributed by atoms with Crippen molar-refractivity contribution in [3.8, 4) is 0 Å². The molecule has 0 aromatic heterocycles. The highest BCUT2D eigenvalue weighted by molar-refractivity contribution is 4.79. The van der Waals surface area contributed by atoms with Crippen LogP contribution in [0.25, 0.3) is 0 Å². The summed E-state index contributed by atoms with van der Waals surface area (Å²) in [5.74, 6) is 1.79. The topological polar surface area (TPSA) is 30.5 Å². The minimum absolute atomic E-state index is 0.448. The van der Waals surface area contributed by atoms with Gasteiger partial charge in [-0.25, -0.2) is 0 Å². The predicted molar refractivity (Wildman–Crippen MR) is 78.4 cm³/mol. The van der Waals surface area contributed by atoms with Crippen molar-refractivity contribution >= 4 is 0 Å². The zero-order chi connectivity index (χ0) is 13.5. The Kier molecular flexibility index (Phi) is 6.62. The molecule has 2 rings (SSSR count). The van der Waals surface area contributed by atoms with Gasteiger partial charge in [0.25, 0.3) is 0 Å². The molecule has 0 amide bonds. The Hall–Kier alpha value is -0.120. The largest absolute Gasteiger partial charge is 0.381 e. The summed E-state index contributed by atoms with van der Waals surface area (Å²) in [6.45, 7) is 8.54. The van der Waals surface area contributed by atoms with Crippen LogP contribution in [0.4, 0.5) is 0 Å². The molecule has 0 unspecified atom stereocenters. The first-order chi connectivity index (χ1) is 9.25. The van der Waals surface area contributed by atoms with E-state index < -0.39 is 0 Å². The van der Waals surface area contributed by atoms with Crippen molar-refractivity contribution in [3.05, 3.63) is 0 Å². The van der Waals surface area contributed by atoms with Crippen LogP contribution in [0.3, 0.4) is 0 Å². The minimum atomic E-state index is 0.448. The molecule has 1 saturated heterocycles. The minimum Gasteiger partial charge on any atom is -0.381 e. The average molecular weight is 269 g/mol. The van der Waals surface area contributed by atoms with Crippen molar-refractivity contribution in [1.29, 1.82) is 0 Å². The molecule has 3 heteroatoms. The molecule has 2 aliphatic rings. The lowest BCUT2D eigenvalue weighted by Crippen LogP contribution is -2.37. The highest BCUT2D eigenvalue weighted by Gasteiger charge is 2.23. The molecule has 1 aliphatic carbocycles. The highest BCUT2D eigenvalue weighted by atomic mass is 16.5. The third-order valence-corrected chi connectivity index (χ3v) is 4.87. The Labute approximate surface area is 118 Å². The van der Waals surface area contributed by atoms with Crippen LogP contribution in [0, 0.1) is 11.8 Å². The molecule has 112 valence electrons. The molecule has 1 aliphatic heterocycles. The van der Waals surface area contributed by atoms with Crippen LogP contribution < -0.4 is 5.32 Å². The summed E-state index contributed by atoms with van der Waals surface area (Å²) in [5.41, 5.74) is 0. The summed E-state index contributed by atoms with van der Waals surface area (Å²) in [6, 6.07) is 0.745. The average Bonchev–Trinajstić information content (AvgIpc) is 2.43. The van der Waals surface area contributed by atoms with Gasteiger partial charge >= 0.3 is 0 Å². The van der Waals surface area contributed by atoms with Crippen molar-refractivity contribution in [2.75, 3.05) is 26.4 Å². The molecule has 3 nitrogen and oxygen atoms in total. The quantitative estimate of drug-likeness (QED) is 0.752. The van der Waals surface area contributed by atoms with Gasteiger partial charge < -0.3 is 14.8 Å². The Balaban J connectivity index is 1.47. The van der Waals surface area contributed by atoms with Crippen molar-refractivity contribution in [2.45, 2.75) is 64.5 Å². The molecule has 3 atom stereocenters. The Morgan fingerprint density at radius 1 is 1.05 bits per heavy atom. The van der Waals surface area contributed by atoms with E-state index in [0.29, 0.717) is 6.10 Å². The lowest BCUT2D eigenvalue weighted by Gasteiger charge is -2.32. The number of rotatable bonds is 6. The van der Waals surface area contributed by atoms with Crippen LogP contribution >= 0.6 is 0 Å². The predicted octanol–water partition coefficient (Wildman–Crippen LogP) is 2.99. The van der Waals surface area contributed by atoms with E-state index in [1.807, 2.05) is 0 Å². The van der Waals surface area contributed by atoms with Gasteiger partial charge in [-0.15, -0.1) is 0 Å². The summed E-state index contributed by atoms with van der Waals surface area (Å²) < 4.78 is 11.2. The van der Waals surface area contributed by atoms with E-state index in [2.05, 4.69) is 19.2 Å². The number of ether oxygens (including phenoxy) is 2. The first-order valence-corrected chi connectivity index (χ1v) is 8.18. The third-order valence-electron chi connectivity index (χ3n) is 4.87. The van der Waals surface area contributed by atoms with E-state index >= 15 is 0 Å². The van der Waals surface area contributed by atoms with Gasteiger partial charge in [0.05, 0.1) is 6.10 Å². The van der Waals surface area contributed by atoms with Crippen LogP contribution in [-0.4, -0.2) is 38.5 Å². The van der Waals surface area contributed by atoms with Crippen LogP contribution in [-0.2, 0) is 9.47 Å². The zero-order valence-electron chi connectivity index (χ0n) is 12.7. The lowest BCUT2D eigenvalue weighted by atomic mass is 9.79. The van der Waals surface area contributed by atoms with Gasteiger partial charge in [-0.1, -0.05) is 13.8 Å². The van der Waals surface area contributed by atoms with Gasteiger partial charge in [0.1, 0.15) is 0 Å². The number of hydrogen-bond acceptors (Lipinski definition) is 3. The molecule has 1 heterocycles. The van der Waals surface area contributed by atoms with Gasteiger partial charge in [-0.05, 0) is 56.9 Å². The summed E-state index contributed by atoms with van der Waals surface area (Å²) in [4.78, 5) is 0. The van der Waals surface area contributed by atoms with Crippen molar-refractivity contribution in [1.82, 2.24) is 5.32 Å². The molecular weight excluding hydrogens is 238 g/mol. The van der Waals surface area contributed by atoms with Gasteiger partial charge in [0.15, 0.2) is 0 Å². The van der Waals surface area contributed by atoms with Gasteiger partial charge in [0.2, 0.25) is 0 Å². The molecule has 0 spiro atoms.